The average Bonchev–Trinajstić information content (AvgIpc) is 3.24. The minimum atomic E-state index is -0.790. The lowest BCUT2D eigenvalue weighted by atomic mass is 10.1. The van der Waals surface area contributed by atoms with Crippen LogP contribution in [0.4, 0.5) is 0 Å². The maximum atomic E-state index is 12.8. The van der Waals surface area contributed by atoms with Gasteiger partial charge in [0.05, 0.1) is 0 Å². The summed E-state index contributed by atoms with van der Waals surface area (Å²) < 4.78 is 16.7. The predicted molar refractivity (Wildman–Crippen MR) is 256 cm³/mol. The van der Waals surface area contributed by atoms with E-state index in [4.69, 9.17) is 14.2 Å². The van der Waals surface area contributed by atoms with E-state index in [1.807, 2.05) is 0 Å². The van der Waals surface area contributed by atoms with Crippen LogP contribution in [0.5, 0.6) is 0 Å². The maximum absolute atomic E-state index is 12.8. The summed E-state index contributed by atoms with van der Waals surface area (Å²) >= 11 is 0. The van der Waals surface area contributed by atoms with Gasteiger partial charge in [0.1, 0.15) is 13.2 Å². The lowest BCUT2D eigenvalue weighted by molar-refractivity contribution is -0.167. The van der Waals surface area contributed by atoms with Gasteiger partial charge in [-0.1, -0.05) is 196 Å². The molecule has 0 saturated carbocycles. The van der Waals surface area contributed by atoms with E-state index in [-0.39, 0.29) is 31.1 Å². The van der Waals surface area contributed by atoms with Crippen molar-refractivity contribution in [2.75, 3.05) is 13.2 Å². The van der Waals surface area contributed by atoms with E-state index in [1.165, 1.54) is 70.6 Å². The van der Waals surface area contributed by atoms with Crippen LogP contribution in [0.2, 0.25) is 0 Å². The lowest BCUT2D eigenvalue weighted by Crippen LogP contribution is -2.30. The lowest BCUT2D eigenvalue weighted by Gasteiger charge is -2.18. The molecule has 0 bridgehead atoms. The van der Waals surface area contributed by atoms with Crippen molar-refractivity contribution in [1.82, 2.24) is 0 Å². The van der Waals surface area contributed by atoms with Crippen LogP contribution in [-0.2, 0) is 28.6 Å². The third kappa shape index (κ3) is 45.9. The van der Waals surface area contributed by atoms with E-state index in [0.717, 1.165) is 122 Å². The highest BCUT2D eigenvalue weighted by atomic mass is 16.6. The summed E-state index contributed by atoms with van der Waals surface area (Å²) in [5, 5.41) is 0. The van der Waals surface area contributed by atoms with E-state index >= 15 is 0 Å². The number of hydrogen-bond donors (Lipinski definition) is 0. The van der Waals surface area contributed by atoms with E-state index in [0.29, 0.717) is 19.3 Å². The Morgan fingerprint density at radius 1 is 0.350 bits per heavy atom. The molecule has 6 nitrogen and oxygen atoms in total. The van der Waals surface area contributed by atoms with Crippen LogP contribution in [0.25, 0.3) is 0 Å². The second kappa shape index (κ2) is 48.5. The van der Waals surface area contributed by atoms with E-state index < -0.39 is 6.10 Å². The van der Waals surface area contributed by atoms with Crippen molar-refractivity contribution in [3.05, 3.63) is 72.9 Å². The molecule has 0 aromatic heterocycles. The molecular weight excluding hydrogens is 745 g/mol. The Bertz CT molecular complexity index is 1140. The summed E-state index contributed by atoms with van der Waals surface area (Å²) in [6.07, 6.45) is 60.2. The summed E-state index contributed by atoms with van der Waals surface area (Å²) in [7, 11) is 0. The van der Waals surface area contributed by atoms with Crippen molar-refractivity contribution in [3.63, 3.8) is 0 Å². The van der Waals surface area contributed by atoms with E-state index in [2.05, 4.69) is 93.7 Å². The fraction of sp³-hybridized carbons (Fsp3) is 0.722. The van der Waals surface area contributed by atoms with Crippen molar-refractivity contribution < 1.29 is 28.6 Å². The number of ether oxygens (including phenoxy) is 3. The molecular formula is C54H92O6. The molecule has 0 radical (unpaired) electrons. The van der Waals surface area contributed by atoms with Crippen molar-refractivity contribution in [2.24, 2.45) is 0 Å². The monoisotopic (exact) mass is 837 g/mol. The summed E-state index contributed by atoms with van der Waals surface area (Å²) in [5.74, 6) is -0.929. The molecule has 0 N–H and O–H groups in total. The number of allylic oxidation sites excluding steroid dienone is 12. The standard InChI is InChI=1S/C54H92O6/c1-4-7-10-13-16-19-22-24-26-27-29-30-32-35-38-41-44-47-53(56)59-50-51(49-58-52(55)46-43-40-37-34-21-18-15-12-9-6-3)60-54(57)48-45-42-39-36-33-31-28-25-23-20-17-14-11-8-5-2/h7,10,16-17,19-20,24-26,28-30,51H,4-6,8-9,11-15,18,21-23,27,31-50H2,1-3H3/b10-7-,19-16-,20-17-,26-24-,28-25-,30-29-. The minimum absolute atomic E-state index is 0.0882. The zero-order chi connectivity index (χ0) is 43.7. The molecule has 0 aromatic rings. The Balaban J connectivity index is 4.43. The SMILES string of the molecule is CC/C=C\C/C=C\C/C=C\C/C=C\CCCCCCC(=O)OCC(COC(=O)CCCCCCCCCCCC)OC(=O)CCCCCCC/C=C\C/C=C\CCCCC. The second-order valence-electron chi connectivity index (χ2n) is 16.3. The van der Waals surface area contributed by atoms with Gasteiger partial charge in [-0.3, -0.25) is 14.4 Å². The number of carbonyl (C=O) groups excluding carboxylic acids is 3. The van der Waals surface area contributed by atoms with Gasteiger partial charge in [-0.05, 0) is 89.9 Å². The average molecular weight is 837 g/mol. The molecule has 0 aliphatic rings. The molecule has 0 spiro atoms. The van der Waals surface area contributed by atoms with Gasteiger partial charge in [0.25, 0.3) is 0 Å². The molecule has 6 heteroatoms. The van der Waals surface area contributed by atoms with Crippen LogP contribution in [0, 0.1) is 0 Å². The molecule has 1 atom stereocenters. The number of hydrogen-bond acceptors (Lipinski definition) is 6. The van der Waals surface area contributed by atoms with Crippen LogP contribution in [0.1, 0.15) is 233 Å². The molecule has 0 aliphatic carbocycles. The first kappa shape index (κ1) is 56.9. The Hall–Kier alpha value is -3.15. The van der Waals surface area contributed by atoms with Crippen molar-refractivity contribution >= 4 is 17.9 Å². The Morgan fingerprint density at radius 2 is 0.650 bits per heavy atom. The number of unbranched alkanes of at least 4 members (excludes halogenated alkanes) is 21. The molecule has 0 rings (SSSR count). The molecule has 0 fully saturated rings. The summed E-state index contributed by atoms with van der Waals surface area (Å²) in [6, 6.07) is 0. The summed E-state index contributed by atoms with van der Waals surface area (Å²) in [5.41, 5.74) is 0. The minimum Gasteiger partial charge on any atom is -0.462 e. The van der Waals surface area contributed by atoms with Crippen LogP contribution in [-0.4, -0.2) is 37.2 Å². The van der Waals surface area contributed by atoms with Crippen molar-refractivity contribution in [2.45, 2.75) is 239 Å². The van der Waals surface area contributed by atoms with Crippen LogP contribution >= 0.6 is 0 Å². The molecule has 344 valence electrons. The first-order valence-electron chi connectivity index (χ1n) is 24.9. The zero-order valence-electron chi connectivity index (χ0n) is 39.2. The van der Waals surface area contributed by atoms with E-state index in [9.17, 15) is 14.4 Å². The highest BCUT2D eigenvalue weighted by Gasteiger charge is 2.19. The quantitative estimate of drug-likeness (QED) is 0.0263. The Morgan fingerprint density at radius 3 is 1.05 bits per heavy atom. The van der Waals surface area contributed by atoms with Crippen LogP contribution in [0.15, 0.2) is 72.9 Å². The number of carbonyl (C=O) groups is 3. The van der Waals surface area contributed by atoms with Gasteiger partial charge < -0.3 is 14.2 Å². The van der Waals surface area contributed by atoms with Crippen LogP contribution in [0.3, 0.4) is 0 Å². The first-order chi connectivity index (χ1) is 29.5. The highest BCUT2D eigenvalue weighted by Crippen LogP contribution is 2.14. The molecule has 0 saturated heterocycles. The first-order valence-corrected chi connectivity index (χ1v) is 24.9. The molecule has 60 heavy (non-hydrogen) atoms. The van der Waals surface area contributed by atoms with Gasteiger partial charge in [-0.15, -0.1) is 0 Å². The number of rotatable bonds is 44. The third-order valence-electron chi connectivity index (χ3n) is 10.4. The molecule has 0 heterocycles. The highest BCUT2D eigenvalue weighted by molar-refractivity contribution is 5.71. The van der Waals surface area contributed by atoms with Crippen molar-refractivity contribution in [3.8, 4) is 0 Å². The maximum Gasteiger partial charge on any atom is 0.306 e. The predicted octanol–water partition coefficient (Wildman–Crippen LogP) is 16.3. The largest absolute Gasteiger partial charge is 0.462 e. The van der Waals surface area contributed by atoms with Gasteiger partial charge in [0.15, 0.2) is 6.10 Å². The number of esters is 3. The van der Waals surface area contributed by atoms with E-state index in [1.54, 1.807) is 0 Å². The molecule has 0 aliphatic heterocycles. The summed E-state index contributed by atoms with van der Waals surface area (Å²) in [4.78, 5) is 37.9. The topological polar surface area (TPSA) is 78.9 Å². The van der Waals surface area contributed by atoms with Gasteiger partial charge in [0.2, 0.25) is 0 Å². The third-order valence-corrected chi connectivity index (χ3v) is 10.4. The van der Waals surface area contributed by atoms with Gasteiger partial charge in [-0.2, -0.15) is 0 Å². The fourth-order valence-electron chi connectivity index (χ4n) is 6.70. The Kier molecular flexibility index (Phi) is 46.0. The molecule has 0 amide bonds. The normalized spacial score (nSPS) is 12.7. The van der Waals surface area contributed by atoms with Gasteiger partial charge >= 0.3 is 17.9 Å². The Labute approximate surface area is 370 Å². The van der Waals surface area contributed by atoms with Crippen molar-refractivity contribution in [1.29, 1.82) is 0 Å². The molecule has 0 aromatic carbocycles. The van der Waals surface area contributed by atoms with Gasteiger partial charge in [0, 0.05) is 19.3 Å². The molecule has 1 unspecified atom stereocenters. The summed E-state index contributed by atoms with van der Waals surface area (Å²) in [6.45, 7) is 6.45. The van der Waals surface area contributed by atoms with Crippen LogP contribution < -0.4 is 0 Å². The fourth-order valence-corrected chi connectivity index (χ4v) is 6.70. The smallest absolute Gasteiger partial charge is 0.306 e. The zero-order valence-corrected chi connectivity index (χ0v) is 39.2. The second-order valence-corrected chi connectivity index (χ2v) is 16.3. The van der Waals surface area contributed by atoms with Gasteiger partial charge in [-0.25, -0.2) is 0 Å².